The molecule has 1 heterocycles. The minimum Gasteiger partial charge on any atom is -0.356 e. The molecule has 0 atom stereocenters. The molecule has 3 rings (SSSR count). The van der Waals surface area contributed by atoms with Crippen molar-refractivity contribution in [1.82, 2.24) is 10.2 Å². The first kappa shape index (κ1) is 18.3. The van der Waals surface area contributed by atoms with Crippen LogP contribution in [0.1, 0.15) is 11.1 Å². The smallest absolute Gasteiger partial charge is 0.234 e. The van der Waals surface area contributed by atoms with E-state index < -0.39 is 5.82 Å². The molecule has 1 aromatic heterocycles. The predicted octanol–water partition coefficient (Wildman–Crippen LogP) is 4.33. The maximum Gasteiger partial charge on any atom is 0.234 e. The minimum atomic E-state index is -0.438. The standard InChI is InChI=1S/C18H17FN4OS2/c1-12-7-8-15(14(19)9-12)21-16(24)11-25-18-23-22-17(26-18)20-10-13-5-3-2-4-6-13/h2-9H,10-11H2,1H3,(H,20,22)(H,21,24). The Morgan fingerprint density at radius 3 is 2.77 bits per heavy atom. The number of aryl methyl sites for hydroxylation is 1. The Kier molecular flexibility index (Phi) is 6.19. The van der Waals surface area contributed by atoms with Crippen LogP contribution >= 0.6 is 23.1 Å². The van der Waals surface area contributed by atoms with Crippen molar-refractivity contribution in [2.45, 2.75) is 17.8 Å². The first-order valence-electron chi connectivity index (χ1n) is 7.90. The molecule has 0 saturated heterocycles. The second-order valence-electron chi connectivity index (χ2n) is 5.53. The number of aromatic nitrogens is 2. The molecule has 26 heavy (non-hydrogen) atoms. The minimum absolute atomic E-state index is 0.140. The molecule has 0 aliphatic rings. The number of halogens is 1. The molecule has 0 saturated carbocycles. The molecule has 0 bridgehead atoms. The summed E-state index contributed by atoms with van der Waals surface area (Å²) in [5.41, 5.74) is 2.14. The van der Waals surface area contributed by atoms with E-state index in [2.05, 4.69) is 20.8 Å². The molecule has 5 nitrogen and oxygen atoms in total. The van der Waals surface area contributed by atoms with Gasteiger partial charge in [0.1, 0.15) is 5.82 Å². The van der Waals surface area contributed by atoms with Crippen molar-refractivity contribution in [3.8, 4) is 0 Å². The van der Waals surface area contributed by atoms with Crippen molar-refractivity contribution in [2.24, 2.45) is 0 Å². The summed E-state index contributed by atoms with van der Waals surface area (Å²) in [7, 11) is 0. The Balaban J connectivity index is 1.47. The third-order valence-corrected chi connectivity index (χ3v) is 5.43. The van der Waals surface area contributed by atoms with E-state index in [1.807, 2.05) is 30.3 Å². The van der Waals surface area contributed by atoms with E-state index in [0.717, 1.165) is 11.1 Å². The summed E-state index contributed by atoms with van der Waals surface area (Å²) in [6.45, 7) is 2.46. The Morgan fingerprint density at radius 1 is 1.19 bits per heavy atom. The molecule has 2 N–H and O–H groups in total. The number of nitrogens with zero attached hydrogens (tertiary/aromatic N) is 2. The zero-order valence-electron chi connectivity index (χ0n) is 14.0. The summed E-state index contributed by atoms with van der Waals surface area (Å²) >= 11 is 2.65. The summed E-state index contributed by atoms with van der Waals surface area (Å²) in [5.74, 6) is -0.584. The lowest BCUT2D eigenvalue weighted by atomic mass is 10.2. The van der Waals surface area contributed by atoms with E-state index in [4.69, 9.17) is 0 Å². The quantitative estimate of drug-likeness (QED) is 0.590. The summed E-state index contributed by atoms with van der Waals surface area (Å²) in [5, 5.41) is 14.6. The molecule has 3 aromatic rings. The predicted molar refractivity (Wildman–Crippen MR) is 104 cm³/mol. The van der Waals surface area contributed by atoms with Crippen LogP contribution in [0, 0.1) is 12.7 Å². The fourth-order valence-corrected chi connectivity index (χ4v) is 3.70. The maximum absolute atomic E-state index is 13.8. The van der Waals surface area contributed by atoms with Crippen LogP contribution in [0.3, 0.4) is 0 Å². The van der Waals surface area contributed by atoms with Gasteiger partial charge in [-0.1, -0.05) is 59.5 Å². The van der Waals surface area contributed by atoms with E-state index in [-0.39, 0.29) is 17.3 Å². The Hall–Kier alpha value is -2.45. The van der Waals surface area contributed by atoms with Gasteiger partial charge in [-0.3, -0.25) is 4.79 Å². The fourth-order valence-electron chi connectivity index (χ4n) is 2.15. The number of benzene rings is 2. The van der Waals surface area contributed by atoms with Crippen LogP contribution in [0.5, 0.6) is 0 Å². The van der Waals surface area contributed by atoms with Crippen molar-refractivity contribution in [2.75, 3.05) is 16.4 Å². The van der Waals surface area contributed by atoms with E-state index in [1.54, 1.807) is 19.1 Å². The number of anilines is 2. The summed E-state index contributed by atoms with van der Waals surface area (Å²) in [6.07, 6.45) is 0. The molecule has 0 radical (unpaired) electrons. The van der Waals surface area contributed by atoms with Crippen molar-refractivity contribution >= 4 is 39.8 Å². The molecule has 0 fully saturated rings. The lowest BCUT2D eigenvalue weighted by molar-refractivity contribution is -0.113. The van der Waals surface area contributed by atoms with Crippen LogP contribution in [0.4, 0.5) is 15.2 Å². The van der Waals surface area contributed by atoms with Gasteiger partial charge < -0.3 is 10.6 Å². The molecule has 2 aromatic carbocycles. The van der Waals surface area contributed by atoms with Gasteiger partial charge in [0.15, 0.2) is 4.34 Å². The van der Waals surface area contributed by atoms with E-state index in [1.165, 1.54) is 29.2 Å². The van der Waals surface area contributed by atoms with Gasteiger partial charge in [0.2, 0.25) is 11.0 Å². The zero-order chi connectivity index (χ0) is 18.4. The molecule has 0 unspecified atom stereocenters. The van der Waals surface area contributed by atoms with Gasteiger partial charge in [-0.2, -0.15) is 0 Å². The van der Waals surface area contributed by atoms with Crippen LogP contribution < -0.4 is 10.6 Å². The largest absolute Gasteiger partial charge is 0.356 e. The number of nitrogens with one attached hydrogen (secondary N) is 2. The molecular weight excluding hydrogens is 371 g/mol. The van der Waals surface area contributed by atoms with Gasteiger partial charge in [0.05, 0.1) is 11.4 Å². The number of hydrogen-bond donors (Lipinski definition) is 2. The average Bonchev–Trinajstić information content (AvgIpc) is 3.09. The summed E-state index contributed by atoms with van der Waals surface area (Å²) < 4.78 is 14.4. The van der Waals surface area contributed by atoms with Gasteiger partial charge in [-0.15, -0.1) is 10.2 Å². The Labute approximate surface area is 159 Å². The van der Waals surface area contributed by atoms with E-state index in [9.17, 15) is 9.18 Å². The monoisotopic (exact) mass is 388 g/mol. The number of hydrogen-bond acceptors (Lipinski definition) is 6. The maximum atomic E-state index is 13.8. The average molecular weight is 388 g/mol. The second kappa shape index (κ2) is 8.77. The summed E-state index contributed by atoms with van der Waals surface area (Å²) in [4.78, 5) is 12.0. The summed E-state index contributed by atoms with van der Waals surface area (Å²) in [6, 6.07) is 14.7. The third-order valence-electron chi connectivity index (χ3n) is 3.42. The van der Waals surface area contributed by atoms with Crippen LogP contribution in [0.25, 0.3) is 0 Å². The van der Waals surface area contributed by atoms with E-state index >= 15 is 0 Å². The number of thioether (sulfide) groups is 1. The topological polar surface area (TPSA) is 66.9 Å². The highest BCUT2D eigenvalue weighted by Crippen LogP contribution is 2.26. The molecular formula is C18H17FN4OS2. The Bertz CT molecular complexity index is 886. The lowest BCUT2D eigenvalue weighted by Crippen LogP contribution is -2.15. The van der Waals surface area contributed by atoms with Gasteiger partial charge in [-0.05, 0) is 30.2 Å². The van der Waals surface area contributed by atoms with Gasteiger partial charge in [0.25, 0.3) is 0 Å². The zero-order valence-corrected chi connectivity index (χ0v) is 15.7. The Morgan fingerprint density at radius 2 is 2.00 bits per heavy atom. The van der Waals surface area contributed by atoms with Gasteiger partial charge in [0, 0.05) is 6.54 Å². The molecule has 1 amide bonds. The van der Waals surface area contributed by atoms with Crippen molar-refractivity contribution in [1.29, 1.82) is 0 Å². The van der Waals surface area contributed by atoms with Crippen LogP contribution in [-0.4, -0.2) is 21.9 Å². The first-order chi connectivity index (χ1) is 12.6. The molecule has 0 aliphatic heterocycles. The molecule has 0 aliphatic carbocycles. The highest BCUT2D eigenvalue weighted by atomic mass is 32.2. The van der Waals surface area contributed by atoms with Crippen LogP contribution in [-0.2, 0) is 11.3 Å². The number of rotatable bonds is 7. The molecule has 134 valence electrons. The second-order valence-corrected chi connectivity index (χ2v) is 7.73. The molecule has 0 spiro atoms. The van der Waals surface area contributed by atoms with Gasteiger partial charge in [-0.25, -0.2) is 4.39 Å². The highest BCUT2D eigenvalue weighted by Gasteiger charge is 2.10. The lowest BCUT2D eigenvalue weighted by Gasteiger charge is -2.06. The number of carbonyl (C=O) groups is 1. The van der Waals surface area contributed by atoms with Crippen LogP contribution in [0.2, 0.25) is 0 Å². The normalized spacial score (nSPS) is 10.5. The third kappa shape index (κ3) is 5.27. The fraction of sp³-hybridized carbons (Fsp3) is 0.167. The van der Waals surface area contributed by atoms with Gasteiger partial charge >= 0.3 is 0 Å². The van der Waals surface area contributed by atoms with Crippen molar-refractivity contribution in [3.63, 3.8) is 0 Å². The highest BCUT2D eigenvalue weighted by molar-refractivity contribution is 8.01. The van der Waals surface area contributed by atoms with Crippen molar-refractivity contribution < 1.29 is 9.18 Å². The SMILES string of the molecule is Cc1ccc(NC(=O)CSc2nnc(NCc3ccccc3)s2)c(F)c1. The first-order valence-corrected chi connectivity index (χ1v) is 9.70. The number of amides is 1. The van der Waals surface area contributed by atoms with Crippen LogP contribution in [0.15, 0.2) is 52.9 Å². The molecule has 8 heteroatoms. The number of carbonyl (C=O) groups excluding carboxylic acids is 1. The van der Waals surface area contributed by atoms with E-state index in [0.29, 0.717) is 16.0 Å². The van der Waals surface area contributed by atoms with Crippen molar-refractivity contribution in [3.05, 3.63) is 65.5 Å².